The number of benzene rings is 4. The zero-order valence-electron chi connectivity index (χ0n) is 27.2. The number of ether oxygens (including phenoxy) is 2. The van der Waals surface area contributed by atoms with Crippen molar-refractivity contribution in [1.82, 2.24) is 11.0 Å². The summed E-state index contributed by atoms with van der Waals surface area (Å²) < 4.78 is 10.9. The first-order valence-corrected chi connectivity index (χ1v) is 15.8. The number of esters is 2. The Morgan fingerprint density at radius 2 is 1.04 bits per heavy atom. The molecule has 0 bridgehead atoms. The first-order chi connectivity index (χ1) is 23.3. The van der Waals surface area contributed by atoms with E-state index >= 15 is 0 Å². The highest BCUT2D eigenvalue weighted by Gasteiger charge is 2.32. The van der Waals surface area contributed by atoms with E-state index in [-0.39, 0.29) is 13.2 Å². The van der Waals surface area contributed by atoms with Crippen LogP contribution in [0.1, 0.15) is 70.0 Å². The van der Waals surface area contributed by atoms with Crippen LogP contribution in [0.5, 0.6) is 0 Å². The van der Waals surface area contributed by atoms with Crippen molar-refractivity contribution in [2.75, 3.05) is 13.2 Å². The normalized spacial score (nSPS) is 13.3. The molecule has 2 N–H and O–H groups in total. The smallest absolute Gasteiger partial charge is 0.338 e. The SMILES string of the molecule is CCOC(=O)[C@@H](ONC(=O)c1ccccc1)[C@@H](C)c1cccc(CCOC(=O)[C@H](ONC(=O)c2ccccc2)[C@H](C)c2ccccc2)c1. The Kier molecular flexibility index (Phi) is 13.4. The van der Waals surface area contributed by atoms with E-state index in [0.717, 1.165) is 16.7 Å². The molecule has 0 fully saturated rings. The molecule has 0 unspecified atom stereocenters. The Morgan fingerprint density at radius 1 is 0.583 bits per heavy atom. The predicted octanol–water partition coefficient (Wildman–Crippen LogP) is 5.70. The molecule has 2 amide bonds. The minimum Gasteiger partial charge on any atom is -0.464 e. The van der Waals surface area contributed by atoms with Gasteiger partial charge in [0.2, 0.25) is 0 Å². The molecule has 250 valence electrons. The number of hydrogen-bond acceptors (Lipinski definition) is 8. The third-order valence-corrected chi connectivity index (χ3v) is 7.73. The molecule has 0 aliphatic rings. The molecule has 0 radical (unpaired) electrons. The summed E-state index contributed by atoms with van der Waals surface area (Å²) >= 11 is 0. The van der Waals surface area contributed by atoms with Crippen molar-refractivity contribution < 1.29 is 38.3 Å². The minimum atomic E-state index is -1.12. The number of hydroxylamine groups is 2. The van der Waals surface area contributed by atoms with E-state index in [1.807, 2.05) is 61.5 Å². The standard InChI is InChI=1S/C38H40N2O8/c1-4-45-37(43)34(48-40-36(42)31-20-12-7-13-21-31)27(3)32-22-14-15-28(25-32)23-24-46-38(44)33(26(2)29-16-8-5-9-17-29)47-39-35(41)30-18-10-6-11-19-30/h5-22,25-27,33-34H,4,23-24H2,1-3H3,(H,39,41)(H,40,42)/t26-,27+,33-,34+/m1/s1. The van der Waals surface area contributed by atoms with E-state index in [1.54, 1.807) is 74.5 Å². The molecule has 4 rings (SSSR count). The maximum atomic E-state index is 13.3. The van der Waals surface area contributed by atoms with Gasteiger partial charge in [-0.3, -0.25) is 19.3 Å². The summed E-state index contributed by atoms with van der Waals surface area (Å²) in [4.78, 5) is 62.6. The van der Waals surface area contributed by atoms with Gasteiger partial charge in [0.25, 0.3) is 11.8 Å². The lowest BCUT2D eigenvalue weighted by atomic mass is 9.93. The summed E-state index contributed by atoms with van der Waals surface area (Å²) in [5, 5.41) is 0. The van der Waals surface area contributed by atoms with Crippen LogP contribution in [0.25, 0.3) is 0 Å². The Morgan fingerprint density at radius 3 is 1.56 bits per heavy atom. The summed E-state index contributed by atoms with van der Waals surface area (Å²) in [6.45, 7) is 5.50. The zero-order chi connectivity index (χ0) is 34.3. The van der Waals surface area contributed by atoms with Crippen molar-refractivity contribution in [3.8, 4) is 0 Å². The monoisotopic (exact) mass is 652 g/mol. The molecule has 10 heteroatoms. The lowest BCUT2D eigenvalue weighted by Crippen LogP contribution is -2.39. The van der Waals surface area contributed by atoms with Crippen molar-refractivity contribution in [3.05, 3.63) is 143 Å². The molecule has 0 saturated carbocycles. The van der Waals surface area contributed by atoms with Crippen LogP contribution in [-0.4, -0.2) is 49.2 Å². The Balaban J connectivity index is 1.40. The fourth-order valence-electron chi connectivity index (χ4n) is 4.95. The van der Waals surface area contributed by atoms with E-state index in [1.165, 1.54) is 0 Å². The fraction of sp³-hybridized carbons (Fsp3) is 0.263. The molecule has 4 aromatic carbocycles. The first kappa shape index (κ1) is 35.5. The van der Waals surface area contributed by atoms with Crippen LogP contribution < -0.4 is 11.0 Å². The molecule has 0 aliphatic heterocycles. The van der Waals surface area contributed by atoms with Crippen molar-refractivity contribution in [1.29, 1.82) is 0 Å². The average Bonchev–Trinajstić information content (AvgIpc) is 3.12. The Hall–Kier alpha value is -5.32. The summed E-state index contributed by atoms with van der Waals surface area (Å²) in [5.41, 5.74) is 7.98. The third-order valence-electron chi connectivity index (χ3n) is 7.73. The van der Waals surface area contributed by atoms with Crippen molar-refractivity contribution in [2.24, 2.45) is 0 Å². The van der Waals surface area contributed by atoms with E-state index in [9.17, 15) is 19.2 Å². The van der Waals surface area contributed by atoms with Gasteiger partial charge in [-0.2, -0.15) is 0 Å². The quantitative estimate of drug-likeness (QED) is 0.117. The molecule has 0 aromatic heterocycles. The van der Waals surface area contributed by atoms with Crippen LogP contribution in [-0.2, 0) is 35.2 Å². The number of rotatable bonds is 16. The van der Waals surface area contributed by atoms with Gasteiger partial charge in [0.15, 0.2) is 12.2 Å². The molecular weight excluding hydrogens is 612 g/mol. The summed E-state index contributed by atoms with van der Waals surface area (Å²) in [7, 11) is 0. The maximum absolute atomic E-state index is 13.3. The second kappa shape index (κ2) is 18.1. The molecule has 48 heavy (non-hydrogen) atoms. The fourth-order valence-corrected chi connectivity index (χ4v) is 4.95. The van der Waals surface area contributed by atoms with Gasteiger partial charge in [-0.25, -0.2) is 20.5 Å². The van der Waals surface area contributed by atoms with Crippen LogP contribution in [0.15, 0.2) is 115 Å². The van der Waals surface area contributed by atoms with E-state index in [4.69, 9.17) is 19.1 Å². The maximum Gasteiger partial charge on any atom is 0.338 e. The van der Waals surface area contributed by atoms with Crippen LogP contribution in [0.4, 0.5) is 0 Å². The molecule has 10 nitrogen and oxygen atoms in total. The van der Waals surface area contributed by atoms with Crippen LogP contribution in [0, 0.1) is 0 Å². The number of nitrogens with one attached hydrogen (secondary N) is 2. The lowest BCUT2D eigenvalue weighted by Gasteiger charge is -2.23. The highest BCUT2D eigenvalue weighted by atomic mass is 16.7. The Bertz CT molecular complexity index is 1630. The molecule has 0 aliphatic carbocycles. The van der Waals surface area contributed by atoms with Crippen LogP contribution in [0.3, 0.4) is 0 Å². The number of carbonyl (C=O) groups excluding carboxylic acids is 4. The largest absolute Gasteiger partial charge is 0.464 e. The van der Waals surface area contributed by atoms with Crippen molar-refractivity contribution in [2.45, 2.75) is 51.2 Å². The third kappa shape index (κ3) is 10.1. The molecule has 0 saturated heterocycles. The number of hydrogen-bond donors (Lipinski definition) is 2. The zero-order valence-corrected chi connectivity index (χ0v) is 27.2. The van der Waals surface area contributed by atoms with E-state index in [2.05, 4.69) is 11.0 Å². The number of amides is 2. The van der Waals surface area contributed by atoms with Gasteiger partial charge in [0.05, 0.1) is 13.2 Å². The summed E-state index contributed by atoms with van der Waals surface area (Å²) in [5.74, 6) is -3.15. The van der Waals surface area contributed by atoms with E-state index < -0.39 is 47.8 Å². The topological polar surface area (TPSA) is 129 Å². The molecule has 4 atom stereocenters. The van der Waals surface area contributed by atoms with Gasteiger partial charge in [-0.15, -0.1) is 0 Å². The summed E-state index contributed by atoms with van der Waals surface area (Å²) in [6.07, 6.45) is -1.86. The van der Waals surface area contributed by atoms with Crippen LogP contribution >= 0.6 is 0 Å². The number of carbonyl (C=O) groups is 4. The Labute approximate surface area is 280 Å². The van der Waals surface area contributed by atoms with Crippen molar-refractivity contribution in [3.63, 3.8) is 0 Å². The van der Waals surface area contributed by atoms with Crippen molar-refractivity contribution >= 4 is 23.8 Å². The second-order valence-corrected chi connectivity index (χ2v) is 11.1. The van der Waals surface area contributed by atoms with Crippen LogP contribution in [0.2, 0.25) is 0 Å². The van der Waals surface area contributed by atoms with Gasteiger partial charge in [-0.05, 0) is 47.9 Å². The highest BCUT2D eigenvalue weighted by molar-refractivity contribution is 5.94. The highest BCUT2D eigenvalue weighted by Crippen LogP contribution is 2.25. The summed E-state index contributed by atoms with van der Waals surface area (Å²) in [6, 6.07) is 33.8. The van der Waals surface area contributed by atoms with Gasteiger partial charge in [-0.1, -0.05) is 105 Å². The molecular formula is C38H40N2O8. The van der Waals surface area contributed by atoms with Gasteiger partial charge >= 0.3 is 11.9 Å². The van der Waals surface area contributed by atoms with Gasteiger partial charge < -0.3 is 9.47 Å². The molecule has 0 spiro atoms. The predicted molar refractivity (Wildman–Crippen MR) is 179 cm³/mol. The van der Waals surface area contributed by atoms with Gasteiger partial charge in [0, 0.05) is 29.4 Å². The molecule has 4 aromatic rings. The first-order valence-electron chi connectivity index (χ1n) is 15.8. The second-order valence-electron chi connectivity index (χ2n) is 11.1. The molecule has 0 heterocycles. The van der Waals surface area contributed by atoms with Gasteiger partial charge in [0.1, 0.15) is 0 Å². The minimum absolute atomic E-state index is 0.0373. The lowest BCUT2D eigenvalue weighted by molar-refractivity contribution is -0.163. The average molecular weight is 653 g/mol. The van der Waals surface area contributed by atoms with E-state index in [0.29, 0.717) is 17.5 Å².